The summed E-state index contributed by atoms with van der Waals surface area (Å²) in [6.45, 7) is 2.79. The predicted octanol–water partition coefficient (Wildman–Crippen LogP) is 6.06. The van der Waals surface area contributed by atoms with Gasteiger partial charge in [0.25, 0.3) is 0 Å². The second kappa shape index (κ2) is 8.76. The molecular weight excluding hydrogens is 440 g/mol. The average molecular weight is 460 g/mol. The molecule has 4 aromatic rings. The van der Waals surface area contributed by atoms with E-state index in [0.29, 0.717) is 5.56 Å². The number of alkyl halides is 2. The Hall–Kier alpha value is -2.78. The van der Waals surface area contributed by atoms with Crippen LogP contribution in [0.2, 0.25) is 0 Å². The fourth-order valence-corrected chi connectivity index (χ4v) is 5.25. The lowest BCUT2D eigenvalue weighted by atomic mass is 10.1. The lowest BCUT2D eigenvalue weighted by molar-refractivity contribution is -0.0498. The second-order valence-corrected chi connectivity index (χ2v) is 9.16. The van der Waals surface area contributed by atoms with E-state index in [4.69, 9.17) is 0 Å². The smallest absolute Gasteiger partial charge is 0.387 e. The van der Waals surface area contributed by atoms with Crippen molar-refractivity contribution in [2.45, 2.75) is 37.7 Å². The Kier molecular flexibility index (Phi) is 6.06. The third kappa shape index (κ3) is 4.33. The highest BCUT2D eigenvalue weighted by atomic mass is 32.2. The molecule has 1 atom stereocenters. The van der Waals surface area contributed by atoms with E-state index in [1.807, 2.05) is 42.9 Å². The number of rotatable bonds is 7. The normalized spacial score (nSPS) is 12.5. The molecular formula is C22H19F2N3O2S2. The highest BCUT2D eigenvalue weighted by molar-refractivity contribution is 8.00. The third-order valence-corrected chi connectivity index (χ3v) is 6.84. The zero-order valence-electron chi connectivity index (χ0n) is 17.0. The summed E-state index contributed by atoms with van der Waals surface area (Å²) in [4.78, 5) is 22.7. The minimum atomic E-state index is -2.87. The Morgan fingerprint density at radius 2 is 1.90 bits per heavy atom. The van der Waals surface area contributed by atoms with Crippen molar-refractivity contribution in [2.24, 2.45) is 0 Å². The SMILES string of the molecule is Cc1cc(C(=O)C(C)Sc2ncnc3sccc23)c(C)n1-c1ccc(OC(F)F)cc1. The Morgan fingerprint density at radius 3 is 2.61 bits per heavy atom. The molecule has 0 bridgehead atoms. The van der Waals surface area contributed by atoms with E-state index in [0.717, 1.165) is 32.3 Å². The molecule has 160 valence electrons. The summed E-state index contributed by atoms with van der Waals surface area (Å²) in [6, 6.07) is 10.2. The van der Waals surface area contributed by atoms with E-state index < -0.39 is 6.61 Å². The molecule has 0 saturated carbocycles. The van der Waals surface area contributed by atoms with Crippen LogP contribution in [0.15, 0.2) is 53.1 Å². The molecule has 0 aliphatic carbocycles. The van der Waals surface area contributed by atoms with Crippen molar-refractivity contribution in [3.8, 4) is 11.4 Å². The molecule has 0 amide bonds. The molecule has 0 spiro atoms. The summed E-state index contributed by atoms with van der Waals surface area (Å²) >= 11 is 2.96. The number of fused-ring (bicyclic) bond motifs is 1. The van der Waals surface area contributed by atoms with Crippen LogP contribution in [0.4, 0.5) is 8.78 Å². The molecule has 0 aliphatic rings. The molecule has 1 aromatic carbocycles. The largest absolute Gasteiger partial charge is 0.435 e. The van der Waals surface area contributed by atoms with Crippen LogP contribution in [0.1, 0.15) is 28.7 Å². The van der Waals surface area contributed by atoms with Gasteiger partial charge in [0, 0.05) is 28.0 Å². The predicted molar refractivity (Wildman–Crippen MR) is 119 cm³/mol. The van der Waals surface area contributed by atoms with E-state index in [1.165, 1.54) is 41.6 Å². The fraction of sp³-hybridized carbons (Fsp3) is 0.227. The number of thioether (sulfide) groups is 1. The summed E-state index contributed by atoms with van der Waals surface area (Å²) in [5.74, 6) is 0.0936. The van der Waals surface area contributed by atoms with Gasteiger partial charge in [-0.1, -0.05) is 11.8 Å². The Balaban J connectivity index is 1.58. The van der Waals surface area contributed by atoms with E-state index in [-0.39, 0.29) is 16.8 Å². The molecule has 1 unspecified atom stereocenters. The molecule has 9 heteroatoms. The topological polar surface area (TPSA) is 57.0 Å². The zero-order valence-corrected chi connectivity index (χ0v) is 18.6. The van der Waals surface area contributed by atoms with Gasteiger partial charge < -0.3 is 9.30 Å². The van der Waals surface area contributed by atoms with Crippen LogP contribution in [-0.4, -0.2) is 32.2 Å². The molecule has 0 aliphatic heterocycles. The van der Waals surface area contributed by atoms with E-state index in [2.05, 4.69) is 14.7 Å². The minimum absolute atomic E-state index is 0.00370. The molecule has 0 N–H and O–H groups in total. The van der Waals surface area contributed by atoms with Crippen LogP contribution in [0, 0.1) is 13.8 Å². The van der Waals surface area contributed by atoms with Gasteiger partial charge in [-0.05, 0) is 62.5 Å². The summed E-state index contributed by atoms with van der Waals surface area (Å²) in [5.41, 5.74) is 3.07. The molecule has 0 saturated heterocycles. The first-order chi connectivity index (χ1) is 14.8. The van der Waals surface area contributed by atoms with Gasteiger partial charge in [-0.2, -0.15) is 8.78 Å². The molecule has 3 aromatic heterocycles. The summed E-state index contributed by atoms with van der Waals surface area (Å²) < 4.78 is 31.1. The molecule has 5 nitrogen and oxygen atoms in total. The molecule has 4 rings (SSSR count). The van der Waals surface area contributed by atoms with Gasteiger partial charge in [0.1, 0.15) is 21.9 Å². The lowest BCUT2D eigenvalue weighted by Gasteiger charge is -2.13. The first-order valence-corrected chi connectivity index (χ1v) is 11.2. The van der Waals surface area contributed by atoms with E-state index >= 15 is 0 Å². The first-order valence-electron chi connectivity index (χ1n) is 9.48. The van der Waals surface area contributed by atoms with Gasteiger partial charge in [-0.15, -0.1) is 11.3 Å². The van der Waals surface area contributed by atoms with Crippen molar-refractivity contribution in [1.82, 2.24) is 14.5 Å². The van der Waals surface area contributed by atoms with Gasteiger partial charge >= 0.3 is 6.61 Å². The van der Waals surface area contributed by atoms with Crippen LogP contribution in [0.3, 0.4) is 0 Å². The van der Waals surface area contributed by atoms with Gasteiger partial charge in [0.15, 0.2) is 5.78 Å². The Bertz CT molecular complexity index is 1240. The summed E-state index contributed by atoms with van der Waals surface area (Å²) in [6.07, 6.45) is 1.52. The zero-order chi connectivity index (χ0) is 22.1. The number of carbonyl (C=O) groups is 1. The first kappa shape index (κ1) is 21.5. The van der Waals surface area contributed by atoms with Crippen molar-refractivity contribution < 1.29 is 18.3 Å². The number of hydrogen-bond acceptors (Lipinski definition) is 6. The number of thiophene rings is 1. The number of hydrogen-bond donors (Lipinski definition) is 0. The number of benzene rings is 1. The van der Waals surface area contributed by atoms with Gasteiger partial charge in [0.2, 0.25) is 0 Å². The number of aromatic nitrogens is 3. The number of halogens is 2. The van der Waals surface area contributed by atoms with Crippen molar-refractivity contribution in [2.75, 3.05) is 0 Å². The van der Waals surface area contributed by atoms with Gasteiger partial charge in [0.05, 0.1) is 5.25 Å². The number of ether oxygens (including phenoxy) is 1. The lowest BCUT2D eigenvalue weighted by Crippen LogP contribution is -2.15. The highest BCUT2D eigenvalue weighted by Crippen LogP contribution is 2.33. The van der Waals surface area contributed by atoms with Crippen molar-refractivity contribution in [3.05, 3.63) is 65.1 Å². The van der Waals surface area contributed by atoms with Crippen LogP contribution in [-0.2, 0) is 0 Å². The standard InChI is InChI=1S/C22H19F2N3O2S2/c1-12-10-18(13(2)27(12)15-4-6-16(7-5-15)29-22(23)24)19(28)14(3)31-21-17-8-9-30-20(17)25-11-26-21/h4-11,14,22H,1-3H3. The number of ketones is 1. The summed E-state index contributed by atoms with van der Waals surface area (Å²) in [5, 5.41) is 3.36. The van der Waals surface area contributed by atoms with Gasteiger partial charge in [-0.25, -0.2) is 9.97 Å². The average Bonchev–Trinajstić information content (AvgIpc) is 3.33. The van der Waals surface area contributed by atoms with Crippen LogP contribution in [0.25, 0.3) is 15.9 Å². The van der Waals surface area contributed by atoms with Crippen LogP contribution in [0.5, 0.6) is 5.75 Å². The van der Waals surface area contributed by atoms with Crippen molar-refractivity contribution in [3.63, 3.8) is 0 Å². The molecule has 31 heavy (non-hydrogen) atoms. The van der Waals surface area contributed by atoms with Crippen LogP contribution < -0.4 is 4.74 Å². The molecule has 0 fully saturated rings. The number of aryl methyl sites for hydroxylation is 1. The van der Waals surface area contributed by atoms with Gasteiger partial charge in [-0.3, -0.25) is 4.79 Å². The van der Waals surface area contributed by atoms with Crippen LogP contribution >= 0.6 is 23.1 Å². The monoisotopic (exact) mass is 459 g/mol. The quantitative estimate of drug-likeness (QED) is 0.191. The maximum atomic E-state index is 13.2. The number of carbonyl (C=O) groups excluding carboxylic acids is 1. The molecule has 3 heterocycles. The Labute approximate surface area is 186 Å². The maximum Gasteiger partial charge on any atom is 0.387 e. The second-order valence-electron chi connectivity index (χ2n) is 6.94. The molecule has 0 radical (unpaired) electrons. The number of Topliss-reactive ketones (excluding diaryl/α,β-unsaturated/α-hetero) is 1. The highest BCUT2D eigenvalue weighted by Gasteiger charge is 2.23. The number of nitrogens with zero attached hydrogens (tertiary/aromatic N) is 3. The Morgan fingerprint density at radius 1 is 1.16 bits per heavy atom. The third-order valence-electron chi connectivity index (χ3n) is 4.90. The summed E-state index contributed by atoms with van der Waals surface area (Å²) in [7, 11) is 0. The van der Waals surface area contributed by atoms with E-state index in [1.54, 1.807) is 12.1 Å². The van der Waals surface area contributed by atoms with Crippen molar-refractivity contribution in [1.29, 1.82) is 0 Å². The maximum absolute atomic E-state index is 13.2. The fourth-order valence-electron chi connectivity index (χ4n) is 3.49. The van der Waals surface area contributed by atoms with Crippen molar-refractivity contribution >= 4 is 39.1 Å². The minimum Gasteiger partial charge on any atom is -0.435 e. The van der Waals surface area contributed by atoms with E-state index in [9.17, 15) is 13.6 Å².